The summed E-state index contributed by atoms with van der Waals surface area (Å²) in [4.78, 5) is 15.4. The molecule has 250 valence electrons. The lowest BCUT2D eigenvalue weighted by Gasteiger charge is -2.57. The molecule has 6 aromatic carbocycles. The van der Waals surface area contributed by atoms with E-state index in [4.69, 9.17) is 15.0 Å². The van der Waals surface area contributed by atoms with Crippen LogP contribution >= 0.6 is 0 Å². The van der Waals surface area contributed by atoms with Crippen molar-refractivity contribution in [3.8, 4) is 62.5 Å². The van der Waals surface area contributed by atoms with Crippen molar-refractivity contribution < 1.29 is 0 Å². The molecule has 1 aromatic heterocycles. The summed E-state index contributed by atoms with van der Waals surface area (Å²) < 4.78 is 0. The molecular weight excluding hydrogens is 633 g/mol. The van der Waals surface area contributed by atoms with Gasteiger partial charge in [-0.2, -0.15) is 5.26 Å². The fraction of sp³-hybridized carbons (Fsp3) is 0.208. The van der Waals surface area contributed by atoms with Crippen LogP contribution in [0.15, 0.2) is 140 Å². The second-order valence-electron chi connectivity index (χ2n) is 15.5. The van der Waals surface area contributed by atoms with Crippen LogP contribution < -0.4 is 0 Å². The van der Waals surface area contributed by atoms with Crippen LogP contribution in [0.1, 0.15) is 49.7 Å². The van der Waals surface area contributed by atoms with Crippen LogP contribution in [0.5, 0.6) is 0 Å². The molecule has 0 N–H and O–H groups in total. The van der Waals surface area contributed by atoms with Crippen LogP contribution in [0, 0.1) is 29.1 Å². The minimum atomic E-state index is 0.345. The van der Waals surface area contributed by atoms with Crippen LogP contribution in [-0.2, 0) is 5.41 Å². The first-order chi connectivity index (χ1) is 25.6. The van der Waals surface area contributed by atoms with Gasteiger partial charge in [-0.3, -0.25) is 0 Å². The molecule has 11 rings (SSSR count). The van der Waals surface area contributed by atoms with Gasteiger partial charge in [0.2, 0.25) is 0 Å². The van der Waals surface area contributed by atoms with Crippen molar-refractivity contribution in [3.05, 3.63) is 151 Å². The van der Waals surface area contributed by atoms with Crippen LogP contribution in [0.25, 0.3) is 67.2 Å². The predicted molar refractivity (Wildman–Crippen MR) is 209 cm³/mol. The minimum Gasteiger partial charge on any atom is -0.208 e. The number of nitrogens with zero attached hydrogens (tertiary/aromatic N) is 4. The monoisotopic (exact) mass is 670 g/mol. The fourth-order valence-electron chi connectivity index (χ4n) is 9.98. The Labute approximate surface area is 304 Å². The first kappa shape index (κ1) is 30.9. The Kier molecular flexibility index (Phi) is 7.35. The molecule has 4 bridgehead atoms. The largest absolute Gasteiger partial charge is 0.208 e. The summed E-state index contributed by atoms with van der Waals surface area (Å²) in [6, 6.07) is 51.1. The number of hydrogen-bond donors (Lipinski definition) is 0. The summed E-state index contributed by atoms with van der Waals surface area (Å²) in [5.74, 6) is 4.69. The second-order valence-corrected chi connectivity index (χ2v) is 15.5. The molecule has 0 unspecified atom stereocenters. The van der Waals surface area contributed by atoms with Crippen molar-refractivity contribution in [2.24, 2.45) is 17.8 Å². The van der Waals surface area contributed by atoms with Crippen LogP contribution in [-0.4, -0.2) is 15.0 Å². The van der Waals surface area contributed by atoms with Crippen molar-refractivity contribution in [3.63, 3.8) is 0 Å². The molecular formula is C48H38N4. The molecule has 0 radical (unpaired) electrons. The van der Waals surface area contributed by atoms with E-state index in [-0.39, 0.29) is 0 Å². The number of fused-ring (bicyclic) bond motifs is 1. The Morgan fingerprint density at radius 3 is 1.58 bits per heavy atom. The normalized spacial score (nSPS) is 21.6. The molecule has 4 aliphatic carbocycles. The molecule has 4 heteroatoms. The lowest BCUT2D eigenvalue weighted by Crippen LogP contribution is -2.48. The minimum absolute atomic E-state index is 0.345. The van der Waals surface area contributed by atoms with Crippen molar-refractivity contribution in [1.29, 1.82) is 5.26 Å². The molecule has 0 spiro atoms. The van der Waals surface area contributed by atoms with Gasteiger partial charge in [0.15, 0.2) is 17.5 Å². The van der Waals surface area contributed by atoms with Gasteiger partial charge in [-0.05, 0) is 137 Å². The molecule has 4 aliphatic rings. The Morgan fingerprint density at radius 1 is 0.442 bits per heavy atom. The zero-order valence-corrected chi connectivity index (χ0v) is 29.0. The van der Waals surface area contributed by atoms with Gasteiger partial charge in [0, 0.05) is 16.7 Å². The maximum atomic E-state index is 9.47. The van der Waals surface area contributed by atoms with Crippen molar-refractivity contribution in [2.75, 3.05) is 0 Å². The third-order valence-electron chi connectivity index (χ3n) is 12.1. The zero-order chi connectivity index (χ0) is 34.6. The number of benzene rings is 6. The molecule has 0 amide bonds. The fourth-order valence-corrected chi connectivity index (χ4v) is 9.98. The number of hydrogen-bond acceptors (Lipinski definition) is 4. The summed E-state index contributed by atoms with van der Waals surface area (Å²) in [7, 11) is 0. The SMILES string of the molecule is N#Cc1ccc(-c2cc(-c3ccc4ccccc4c3)cc(-c3nc(-c4ccccc4)nc(-c4ccc(C56C[C@H]7C[C@H](C5)C[C@@H](C6)C7)cc4)n3)c2)cc1. The Bertz CT molecular complexity index is 2460. The Balaban J connectivity index is 1.10. The molecule has 7 aromatic rings. The van der Waals surface area contributed by atoms with Gasteiger partial charge in [-0.1, -0.05) is 103 Å². The molecule has 0 saturated heterocycles. The third kappa shape index (κ3) is 5.58. The summed E-state index contributed by atoms with van der Waals surface area (Å²) >= 11 is 0. The first-order valence-electron chi connectivity index (χ1n) is 18.7. The molecule has 0 atom stereocenters. The molecule has 0 aliphatic heterocycles. The quantitative estimate of drug-likeness (QED) is 0.177. The maximum Gasteiger partial charge on any atom is 0.164 e. The van der Waals surface area contributed by atoms with E-state index < -0.39 is 0 Å². The maximum absolute atomic E-state index is 9.47. The van der Waals surface area contributed by atoms with Crippen LogP contribution in [0.4, 0.5) is 0 Å². The van der Waals surface area contributed by atoms with Gasteiger partial charge < -0.3 is 0 Å². The topological polar surface area (TPSA) is 62.5 Å². The van der Waals surface area contributed by atoms with E-state index in [2.05, 4.69) is 103 Å². The standard InChI is InChI=1S/C48H38N4/c49-30-31-10-12-36(13-11-31)41-24-42(40-15-14-35-6-4-5-9-39(35)23-40)26-43(25-41)47-51-45(37-7-2-1-3-8-37)50-46(52-47)38-16-18-44(19-17-38)48-27-32-20-33(28-48)22-34(21-32)29-48/h1-19,23-26,32-34H,20-22,27-29H2/t32-,33-,34-,48?. The summed E-state index contributed by atoms with van der Waals surface area (Å²) in [6.45, 7) is 0. The molecule has 52 heavy (non-hydrogen) atoms. The van der Waals surface area contributed by atoms with E-state index in [0.717, 1.165) is 56.7 Å². The van der Waals surface area contributed by atoms with Crippen LogP contribution in [0.2, 0.25) is 0 Å². The van der Waals surface area contributed by atoms with E-state index in [0.29, 0.717) is 28.5 Å². The van der Waals surface area contributed by atoms with Crippen molar-refractivity contribution in [2.45, 2.75) is 43.9 Å². The highest BCUT2D eigenvalue weighted by atomic mass is 15.0. The average molecular weight is 671 g/mol. The van der Waals surface area contributed by atoms with Gasteiger partial charge >= 0.3 is 0 Å². The van der Waals surface area contributed by atoms with Gasteiger partial charge in [-0.25, -0.2) is 15.0 Å². The van der Waals surface area contributed by atoms with Gasteiger partial charge in [0.25, 0.3) is 0 Å². The second kappa shape index (κ2) is 12.4. The first-order valence-corrected chi connectivity index (χ1v) is 18.7. The number of aromatic nitrogens is 3. The van der Waals surface area contributed by atoms with Gasteiger partial charge in [0.1, 0.15) is 0 Å². The van der Waals surface area contributed by atoms with E-state index in [1.54, 1.807) is 0 Å². The van der Waals surface area contributed by atoms with Crippen molar-refractivity contribution >= 4 is 10.8 Å². The smallest absolute Gasteiger partial charge is 0.164 e. The van der Waals surface area contributed by atoms with E-state index in [9.17, 15) is 5.26 Å². The van der Waals surface area contributed by atoms with Gasteiger partial charge in [-0.15, -0.1) is 0 Å². The summed E-state index contributed by atoms with van der Waals surface area (Å²) in [6.07, 6.45) is 8.39. The molecule has 1 heterocycles. The summed E-state index contributed by atoms with van der Waals surface area (Å²) in [5, 5.41) is 11.9. The highest BCUT2D eigenvalue weighted by Crippen LogP contribution is 2.60. The van der Waals surface area contributed by atoms with Gasteiger partial charge in [0.05, 0.1) is 11.6 Å². The number of rotatable bonds is 6. The summed E-state index contributed by atoms with van der Waals surface area (Å²) in [5.41, 5.74) is 9.62. The third-order valence-corrected chi connectivity index (χ3v) is 12.1. The lowest BCUT2D eigenvalue weighted by molar-refractivity contribution is -0.00518. The van der Waals surface area contributed by atoms with E-state index in [1.807, 2.05) is 42.5 Å². The van der Waals surface area contributed by atoms with Crippen LogP contribution in [0.3, 0.4) is 0 Å². The predicted octanol–water partition coefficient (Wildman–Crippen LogP) is 11.7. The van der Waals surface area contributed by atoms with Crippen molar-refractivity contribution in [1.82, 2.24) is 15.0 Å². The highest BCUT2D eigenvalue weighted by molar-refractivity contribution is 5.89. The zero-order valence-electron chi connectivity index (χ0n) is 29.0. The lowest BCUT2D eigenvalue weighted by atomic mass is 9.48. The Hall–Kier alpha value is -5.92. The number of nitriles is 1. The Morgan fingerprint density at radius 2 is 0.942 bits per heavy atom. The molecule has 4 fully saturated rings. The highest BCUT2D eigenvalue weighted by Gasteiger charge is 2.51. The molecule has 4 nitrogen and oxygen atoms in total. The average Bonchev–Trinajstić information content (AvgIpc) is 3.20. The van der Waals surface area contributed by atoms with E-state index in [1.165, 1.54) is 54.9 Å². The molecule has 4 saturated carbocycles. The van der Waals surface area contributed by atoms with E-state index >= 15 is 0 Å².